The SMILES string of the molecule is Oc1ccc(Cc2nnc3nc4[nH]c5c(Cl)cc(Cl)c(Cl)c5c4nn23)cc1. The topological polar surface area (TPSA) is 92.0 Å². The number of aromatic nitrogens is 6. The maximum absolute atomic E-state index is 9.43. The minimum Gasteiger partial charge on any atom is -0.508 e. The Balaban J connectivity index is 1.74. The van der Waals surface area contributed by atoms with E-state index in [1.54, 1.807) is 22.7 Å². The van der Waals surface area contributed by atoms with Gasteiger partial charge >= 0.3 is 0 Å². The van der Waals surface area contributed by atoms with Gasteiger partial charge in [0.2, 0.25) is 0 Å². The van der Waals surface area contributed by atoms with E-state index in [0.29, 0.717) is 55.2 Å². The maximum Gasteiger partial charge on any atom is 0.273 e. The van der Waals surface area contributed by atoms with Gasteiger partial charge in [-0.25, -0.2) is 0 Å². The van der Waals surface area contributed by atoms with Gasteiger partial charge in [-0.1, -0.05) is 46.9 Å². The molecule has 5 rings (SSSR count). The summed E-state index contributed by atoms with van der Waals surface area (Å²) in [5.74, 6) is 1.15. The van der Waals surface area contributed by atoms with Crippen LogP contribution in [0.1, 0.15) is 11.4 Å². The fourth-order valence-corrected chi connectivity index (χ4v) is 3.74. The molecular formula is C17H9Cl3N6O. The number of nitrogens with one attached hydrogen (secondary N) is 1. The minimum absolute atomic E-state index is 0.202. The summed E-state index contributed by atoms with van der Waals surface area (Å²) in [6.45, 7) is 0. The van der Waals surface area contributed by atoms with Gasteiger partial charge in [0.15, 0.2) is 11.5 Å². The van der Waals surface area contributed by atoms with Crippen LogP contribution in [0.2, 0.25) is 15.1 Å². The number of H-pyrrole nitrogens is 1. The molecule has 0 aliphatic heterocycles. The molecule has 0 amide bonds. The molecule has 27 heavy (non-hydrogen) atoms. The number of phenolic OH excluding ortho intramolecular Hbond substituents is 1. The smallest absolute Gasteiger partial charge is 0.273 e. The molecule has 0 radical (unpaired) electrons. The van der Waals surface area contributed by atoms with Crippen molar-refractivity contribution in [1.29, 1.82) is 0 Å². The molecule has 0 saturated carbocycles. The number of halogens is 3. The van der Waals surface area contributed by atoms with E-state index in [1.807, 2.05) is 12.1 Å². The molecule has 10 heteroatoms. The van der Waals surface area contributed by atoms with Gasteiger partial charge in [0.1, 0.15) is 11.3 Å². The number of hydrogen-bond acceptors (Lipinski definition) is 5. The van der Waals surface area contributed by atoms with Crippen LogP contribution in [0.15, 0.2) is 30.3 Å². The Kier molecular flexibility index (Phi) is 3.65. The van der Waals surface area contributed by atoms with E-state index in [-0.39, 0.29) is 5.75 Å². The van der Waals surface area contributed by atoms with E-state index < -0.39 is 0 Å². The van der Waals surface area contributed by atoms with E-state index in [0.717, 1.165) is 5.56 Å². The molecule has 0 unspecified atom stereocenters. The molecule has 2 aromatic carbocycles. The average molecular weight is 420 g/mol. The van der Waals surface area contributed by atoms with Gasteiger partial charge < -0.3 is 10.1 Å². The number of fused-ring (bicyclic) bond motifs is 4. The molecule has 0 atom stereocenters. The highest BCUT2D eigenvalue weighted by Gasteiger charge is 2.19. The summed E-state index contributed by atoms with van der Waals surface area (Å²) < 4.78 is 1.56. The Morgan fingerprint density at radius 1 is 1.04 bits per heavy atom. The average Bonchev–Trinajstić information content (AvgIpc) is 3.21. The zero-order valence-electron chi connectivity index (χ0n) is 13.4. The van der Waals surface area contributed by atoms with Crippen molar-refractivity contribution in [2.45, 2.75) is 6.42 Å². The first kappa shape index (κ1) is 16.6. The minimum atomic E-state index is 0.202. The number of benzene rings is 2. The van der Waals surface area contributed by atoms with Gasteiger partial charge in [-0.2, -0.15) is 14.6 Å². The first-order valence-electron chi connectivity index (χ1n) is 7.86. The van der Waals surface area contributed by atoms with Crippen LogP contribution in [0.4, 0.5) is 0 Å². The summed E-state index contributed by atoms with van der Waals surface area (Å²) in [5.41, 5.74) is 2.58. The molecule has 0 aliphatic rings. The summed E-state index contributed by atoms with van der Waals surface area (Å²) in [6.07, 6.45) is 0.471. The van der Waals surface area contributed by atoms with Crippen molar-refractivity contribution in [3.05, 3.63) is 56.8 Å². The van der Waals surface area contributed by atoms with Crippen molar-refractivity contribution in [3.8, 4) is 5.75 Å². The molecule has 0 fully saturated rings. The third kappa shape index (κ3) is 2.58. The highest BCUT2D eigenvalue weighted by molar-refractivity contribution is 6.49. The number of aromatic amines is 1. The van der Waals surface area contributed by atoms with Crippen LogP contribution in [-0.4, -0.2) is 34.9 Å². The molecule has 0 aliphatic carbocycles. The summed E-state index contributed by atoms with van der Waals surface area (Å²) in [5, 5.41) is 24.0. The maximum atomic E-state index is 9.43. The van der Waals surface area contributed by atoms with Crippen molar-refractivity contribution in [3.63, 3.8) is 0 Å². The molecule has 0 saturated heterocycles. The Morgan fingerprint density at radius 2 is 1.81 bits per heavy atom. The highest BCUT2D eigenvalue weighted by atomic mass is 35.5. The van der Waals surface area contributed by atoms with Crippen LogP contribution in [0.3, 0.4) is 0 Å². The first-order chi connectivity index (χ1) is 13.0. The predicted octanol–water partition coefficient (Wildman–Crippen LogP) is 4.41. The normalized spacial score (nSPS) is 11.8. The second-order valence-electron chi connectivity index (χ2n) is 6.01. The molecule has 5 aromatic rings. The van der Waals surface area contributed by atoms with Gasteiger partial charge in [-0.15, -0.1) is 10.2 Å². The van der Waals surface area contributed by atoms with E-state index >= 15 is 0 Å². The Morgan fingerprint density at radius 3 is 2.59 bits per heavy atom. The Bertz CT molecular complexity index is 1340. The molecule has 134 valence electrons. The summed E-state index contributed by atoms with van der Waals surface area (Å²) in [6, 6.07) is 8.43. The van der Waals surface area contributed by atoms with Gasteiger partial charge in [0.25, 0.3) is 5.78 Å². The molecule has 0 spiro atoms. The van der Waals surface area contributed by atoms with Crippen LogP contribution in [0.5, 0.6) is 5.75 Å². The summed E-state index contributed by atoms with van der Waals surface area (Å²) in [4.78, 5) is 7.59. The van der Waals surface area contributed by atoms with Crippen molar-refractivity contribution in [1.82, 2.24) is 29.8 Å². The fourth-order valence-electron chi connectivity index (χ4n) is 3.00. The van der Waals surface area contributed by atoms with Crippen molar-refractivity contribution >= 4 is 62.6 Å². The van der Waals surface area contributed by atoms with Crippen LogP contribution in [0.25, 0.3) is 27.8 Å². The van der Waals surface area contributed by atoms with Crippen LogP contribution in [0, 0.1) is 0 Å². The predicted molar refractivity (Wildman–Crippen MR) is 104 cm³/mol. The Labute approximate surface area is 166 Å². The fraction of sp³-hybridized carbons (Fsp3) is 0.0588. The summed E-state index contributed by atoms with van der Waals surface area (Å²) >= 11 is 18.8. The lowest BCUT2D eigenvalue weighted by Crippen LogP contribution is -2.01. The third-order valence-corrected chi connectivity index (χ3v) is 5.36. The lowest BCUT2D eigenvalue weighted by Gasteiger charge is -2.02. The summed E-state index contributed by atoms with van der Waals surface area (Å²) in [7, 11) is 0. The first-order valence-corrected chi connectivity index (χ1v) is 9.00. The standard InChI is InChI=1S/C17H9Cl3N6O/c18-9-6-10(19)14-12(13(9)20)15-16(21-14)22-17-24-23-11(26(17)25-15)5-7-1-3-8(27)4-2-7/h1-4,6,27H,5H2,(H,21,22,24). The molecule has 3 aromatic heterocycles. The third-order valence-electron chi connectivity index (χ3n) is 4.28. The van der Waals surface area contributed by atoms with Crippen LogP contribution in [-0.2, 0) is 6.42 Å². The van der Waals surface area contributed by atoms with Crippen molar-refractivity contribution in [2.24, 2.45) is 0 Å². The van der Waals surface area contributed by atoms with Gasteiger partial charge in [-0.3, -0.25) is 0 Å². The van der Waals surface area contributed by atoms with Crippen LogP contribution < -0.4 is 0 Å². The number of aromatic hydroxyl groups is 1. The number of nitrogens with zero attached hydrogens (tertiary/aromatic N) is 5. The van der Waals surface area contributed by atoms with Gasteiger partial charge in [0.05, 0.1) is 26.0 Å². The lowest BCUT2D eigenvalue weighted by molar-refractivity contribution is 0.475. The number of hydrogen-bond donors (Lipinski definition) is 2. The number of phenols is 1. The molecule has 0 bridgehead atoms. The van der Waals surface area contributed by atoms with E-state index in [4.69, 9.17) is 34.8 Å². The van der Waals surface area contributed by atoms with E-state index in [9.17, 15) is 5.11 Å². The number of rotatable bonds is 2. The highest BCUT2D eigenvalue weighted by Crippen LogP contribution is 2.38. The van der Waals surface area contributed by atoms with E-state index in [2.05, 4.69) is 25.3 Å². The quantitative estimate of drug-likeness (QED) is 0.413. The molecular weight excluding hydrogens is 411 g/mol. The molecule has 7 nitrogen and oxygen atoms in total. The molecule has 3 heterocycles. The zero-order valence-corrected chi connectivity index (χ0v) is 15.7. The van der Waals surface area contributed by atoms with Gasteiger partial charge in [-0.05, 0) is 23.8 Å². The van der Waals surface area contributed by atoms with Crippen molar-refractivity contribution in [2.75, 3.05) is 0 Å². The van der Waals surface area contributed by atoms with Gasteiger partial charge in [0, 0.05) is 6.42 Å². The Hall–Kier alpha value is -2.61. The van der Waals surface area contributed by atoms with Crippen LogP contribution >= 0.6 is 34.8 Å². The van der Waals surface area contributed by atoms with E-state index in [1.165, 1.54) is 0 Å². The monoisotopic (exact) mass is 418 g/mol. The largest absolute Gasteiger partial charge is 0.508 e. The zero-order chi connectivity index (χ0) is 18.7. The second kappa shape index (κ2) is 5.95. The van der Waals surface area contributed by atoms with Crippen molar-refractivity contribution < 1.29 is 5.11 Å². The lowest BCUT2D eigenvalue weighted by atomic mass is 10.1. The second-order valence-corrected chi connectivity index (χ2v) is 7.20. The molecule has 2 N–H and O–H groups in total.